The van der Waals surface area contributed by atoms with Gasteiger partial charge in [-0.05, 0) is 49.1 Å². The van der Waals surface area contributed by atoms with Crippen molar-refractivity contribution in [1.82, 2.24) is 4.90 Å². The highest BCUT2D eigenvalue weighted by molar-refractivity contribution is 5.91. The molecule has 5 heteroatoms. The van der Waals surface area contributed by atoms with Crippen molar-refractivity contribution in [1.29, 1.82) is 0 Å². The molecule has 2 heterocycles. The smallest absolute Gasteiger partial charge is 0.246 e. The van der Waals surface area contributed by atoms with Gasteiger partial charge in [-0.15, -0.1) is 0 Å². The highest BCUT2D eigenvalue weighted by Crippen LogP contribution is 2.32. The Labute approximate surface area is 124 Å². The quantitative estimate of drug-likeness (QED) is 0.859. The number of ether oxygens (including phenoxy) is 2. The van der Waals surface area contributed by atoms with Gasteiger partial charge in [-0.2, -0.15) is 0 Å². The summed E-state index contributed by atoms with van der Waals surface area (Å²) >= 11 is 0. The summed E-state index contributed by atoms with van der Waals surface area (Å²) in [6.45, 7) is 2.57. The summed E-state index contributed by atoms with van der Waals surface area (Å²) < 4.78 is 10.6. The second kappa shape index (κ2) is 6.18. The number of carbonyl (C=O) groups excluding carboxylic acids is 1. The van der Waals surface area contributed by atoms with Crippen LogP contribution in [0.5, 0.6) is 11.5 Å². The van der Waals surface area contributed by atoms with E-state index in [0.29, 0.717) is 5.92 Å². The standard InChI is InChI=1S/C16H20N2O3/c17-10-13-5-7-18(8-6-13)16(19)4-2-12-1-3-14-15(9-12)21-11-20-14/h1-4,9,13H,5-8,10-11,17H2. The van der Waals surface area contributed by atoms with Crippen LogP contribution in [0.25, 0.3) is 6.08 Å². The van der Waals surface area contributed by atoms with Crippen molar-refractivity contribution in [2.75, 3.05) is 26.4 Å². The topological polar surface area (TPSA) is 64.8 Å². The lowest BCUT2D eigenvalue weighted by molar-refractivity contribution is -0.127. The molecule has 2 aliphatic rings. The molecule has 112 valence electrons. The molecule has 0 atom stereocenters. The second-order valence-electron chi connectivity index (χ2n) is 5.45. The lowest BCUT2D eigenvalue weighted by Crippen LogP contribution is -2.39. The predicted molar refractivity (Wildman–Crippen MR) is 80.0 cm³/mol. The summed E-state index contributed by atoms with van der Waals surface area (Å²) in [7, 11) is 0. The minimum absolute atomic E-state index is 0.0585. The molecule has 3 rings (SSSR count). The number of benzene rings is 1. The molecule has 1 amide bonds. The number of piperidine rings is 1. The molecule has 1 aromatic rings. The van der Waals surface area contributed by atoms with Crippen molar-refractivity contribution in [2.45, 2.75) is 12.8 Å². The van der Waals surface area contributed by atoms with Gasteiger partial charge in [0.05, 0.1) is 0 Å². The first-order valence-electron chi connectivity index (χ1n) is 7.33. The van der Waals surface area contributed by atoms with E-state index >= 15 is 0 Å². The second-order valence-corrected chi connectivity index (χ2v) is 5.45. The van der Waals surface area contributed by atoms with Gasteiger partial charge in [-0.1, -0.05) is 6.07 Å². The van der Waals surface area contributed by atoms with Crippen molar-refractivity contribution in [3.8, 4) is 11.5 Å². The molecule has 0 bridgehead atoms. The molecule has 1 saturated heterocycles. The zero-order valence-corrected chi connectivity index (χ0v) is 12.0. The van der Waals surface area contributed by atoms with E-state index in [1.807, 2.05) is 29.2 Å². The van der Waals surface area contributed by atoms with E-state index in [0.717, 1.165) is 49.5 Å². The van der Waals surface area contributed by atoms with Crippen molar-refractivity contribution in [2.24, 2.45) is 11.7 Å². The molecular formula is C16H20N2O3. The highest BCUT2D eigenvalue weighted by atomic mass is 16.7. The summed E-state index contributed by atoms with van der Waals surface area (Å²) in [6, 6.07) is 5.66. The number of rotatable bonds is 3. The maximum Gasteiger partial charge on any atom is 0.246 e. The fourth-order valence-corrected chi connectivity index (χ4v) is 2.68. The van der Waals surface area contributed by atoms with Gasteiger partial charge in [0, 0.05) is 19.2 Å². The number of hydrogen-bond donors (Lipinski definition) is 1. The van der Waals surface area contributed by atoms with E-state index in [2.05, 4.69) is 0 Å². The van der Waals surface area contributed by atoms with Crippen LogP contribution in [-0.2, 0) is 4.79 Å². The van der Waals surface area contributed by atoms with Crippen LogP contribution < -0.4 is 15.2 Å². The summed E-state index contributed by atoms with van der Waals surface area (Å²) in [6.07, 6.45) is 5.44. The van der Waals surface area contributed by atoms with E-state index < -0.39 is 0 Å². The van der Waals surface area contributed by atoms with E-state index in [9.17, 15) is 4.79 Å². The molecular weight excluding hydrogens is 268 g/mol. The van der Waals surface area contributed by atoms with Gasteiger partial charge >= 0.3 is 0 Å². The van der Waals surface area contributed by atoms with Gasteiger partial charge in [-0.3, -0.25) is 4.79 Å². The van der Waals surface area contributed by atoms with Gasteiger partial charge in [0.1, 0.15) is 0 Å². The molecule has 2 aliphatic heterocycles. The van der Waals surface area contributed by atoms with E-state index in [4.69, 9.17) is 15.2 Å². The Balaban J connectivity index is 1.59. The summed E-state index contributed by atoms with van der Waals surface area (Å²) in [5.41, 5.74) is 6.60. The molecule has 0 saturated carbocycles. The molecule has 0 unspecified atom stereocenters. The van der Waals surface area contributed by atoms with Gasteiger partial charge in [-0.25, -0.2) is 0 Å². The molecule has 2 N–H and O–H groups in total. The summed E-state index contributed by atoms with van der Waals surface area (Å²) in [5, 5.41) is 0. The van der Waals surface area contributed by atoms with Gasteiger partial charge in [0.15, 0.2) is 11.5 Å². The number of carbonyl (C=O) groups is 1. The average molecular weight is 288 g/mol. The first-order chi connectivity index (χ1) is 10.3. The number of nitrogens with two attached hydrogens (primary N) is 1. The van der Waals surface area contributed by atoms with Crippen LogP contribution in [0.4, 0.5) is 0 Å². The Hall–Kier alpha value is -2.01. The van der Waals surface area contributed by atoms with Crippen LogP contribution in [0.2, 0.25) is 0 Å². The molecule has 0 radical (unpaired) electrons. The Bertz CT molecular complexity index is 548. The maximum absolute atomic E-state index is 12.2. The molecule has 5 nitrogen and oxygen atoms in total. The number of fused-ring (bicyclic) bond motifs is 1. The van der Waals surface area contributed by atoms with Crippen molar-refractivity contribution in [3.63, 3.8) is 0 Å². The zero-order valence-electron chi connectivity index (χ0n) is 12.0. The van der Waals surface area contributed by atoms with Crippen molar-refractivity contribution < 1.29 is 14.3 Å². The van der Waals surface area contributed by atoms with Crippen LogP contribution in [0.1, 0.15) is 18.4 Å². The fourth-order valence-electron chi connectivity index (χ4n) is 2.68. The van der Waals surface area contributed by atoms with Crippen LogP contribution in [0.15, 0.2) is 24.3 Å². The minimum Gasteiger partial charge on any atom is -0.454 e. The van der Waals surface area contributed by atoms with Crippen LogP contribution in [0, 0.1) is 5.92 Å². The summed E-state index contributed by atoms with van der Waals surface area (Å²) in [5.74, 6) is 2.10. The first-order valence-corrected chi connectivity index (χ1v) is 7.33. The maximum atomic E-state index is 12.2. The van der Waals surface area contributed by atoms with Crippen LogP contribution in [0.3, 0.4) is 0 Å². The molecule has 0 spiro atoms. The molecule has 21 heavy (non-hydrogen) atoms. The minimum atomic E-state index is 0.0585. The Morgan fingerprint density at radius 1 is 1.29 bits per heavy atom. The largest absolute Gasteiger partial charge is 0.454 e. The fraction of sp³-hybridized carbons (Fsp3) is 0.438. The number of likely N-dealkylation sites (tertiary alicyclic amines) is 1. The Kier molecular flexibility index (Phi) is 4.10. The first kappa shape index (κ1) is 13.9. The third-order valence-electron chi connectivity index (χ3n) is 4.07. The number of nitrogens with zero attached hydrogens (tertiary/aromatic N) is 1. The van der Waals surface area contributed by atoms with E-state index in [-0.39, 0.29) is 12.7 Å². The third-order valence-corrected chi connectivity index (χ3v) is 4.07. The Morgan fingerprint density at radius 3 is 2.81 bits per heavy atom. The molecule has 1 aromatic carbocycles. The van der Waals surface area contributed by atoms with Gasteiger partial charge in [0.2, 0.25) is 12.7 Å². The van der Waals surface area contributed by atoms with Crippen molar-refractivity contribution >= 4 is 12.0 Å². The lowest BCUT2D eigenvalue weighted by atomic mass is 9.97. The van der Waals surface area contributed by atoms with Crippen LogP contribution >= 0.6 is 0 Å². The monoisotopic (exact) mass is 288 g/mol. The molecule has 0 aromatic heterocycles. The molecule has 0 aliphatic carbocycles. The summed E-state index contributed by atoms with van der Waals surface area (Å²) in [4.78, 5) is 14.0. The van der Waals surface area contributed by atoms with Crippen molar-refractivity contribution in [3.05, 3.63) is 29.8 Å². The predicted octanol–water partition coefficient (Wildman–Crippen LogP) is 1.63. The van der Waals surface area contributed by atoms with Gasteiger partial charge in [0.25, 0.3) is 0 Å². The Morgan fingerprint density at radius 2 is 2.05 bits per heavy atom. The number of hydrogen-bond acceptors (Lipinski definition) is 4. The van der Waals surface area contributed by atoms with Crippen LogP contribution in [-0.4, -0.2) is 37.2 Å². The zero-order chi connectivity index (χ0) is 14.7. The highest BCUT2D eigenvalue weighted by Gasteiger charge is 2.20. The third kappa shape index (κ3) is 3.19. The van der Waals surface area contributed by atoms with Gasteiger partial charge < -0.3 is 20.1 Å². The molecule has 1 fully saturated rings. The lowest BCUT2D eigenvalue weighted by Gasteiger charge is -2.30. The SMILES string of the molecule is NCC1CCN(C(=O)C=Cc2ccc3c(c2)OCO3)CC1. The van der Waals surface area contributed by atoms with E-state index in [1.54, 1.807) is 6.08 Å². The van der Waals surface area contributed by atoms with E-state index in [1.165, 1.54) is 0 Å². The normalized spacial score (nSPS) is 18.4. The average Bonchev–Trinajstić information content (AvgIpc) is 3.00. The number of amides is 1.